The lowest BCUT2D eigenvalue weighted by Crippen LogP contribution is -2.26. The van der Waals surface area contributed by atoms with E-state index in [-0.39, 0.29) is 12.3 Å². The van der Waals surface area contributed by atoms with Gasteiger partial charge in [-0.3, -0.25) is 4.79 Å². The van der Waals surface area contributed by atoms with E-state index in [2.05, 4.69) is 13.8 Å². The smallest absolute Gasteiger partial charge is 0.303 e. The monoisotopic (exact) mass is 201 g/mol. The fraction of sp³-hybridized carbons (Fsp3) is 0.909. The molecule has 1 atom stereocenters. The summed E-state index contributed by atoms with van der Waals surface area (Å²) in [5.74, 6) is -0.0730. The lowest BCUT2D eigenvalue weighted by molar-refractivity contribution is -0.138. The van der Waals surface area contributed by atoms with E-state index in [4.69, 9.17) is 10.8 Å². The largest absolute Gasteiger partial charge is 0.481 e. The highest BCUT2D eigenvalue weighted by molar-refractivity contribution is 5.67. The number of carboxylic acids is 1. The van der Waals surface area contributed by atoms with Gasteiger partial charge in [0.15, 0.2) is 0 Å². The maximum absolute atomic E-state index is 10.6. The van der Waals surface area contributed by atoms with Gasteiger partial charge >= 0.3 is 5.97 Å². The second-order valence-corrected chi connectivity index (χ2v) is 3.93. The zero-order valence-corrected chi connectivity index (χ0v) is 9.33. The number of aliphatic carboxylic acids is 1. The van der Waals surface area contributed by atoms with Crippen molar-refractivity contribution in [2.75, 3.05) is 6.54 Å². The summed E-state index contributed by atoms with van der Waals surface area (Å²) in [6, 6.07) is 0. The first-order valence-electron chi connectivity index (χ1n) is 5.57. The first kappa shape index (κ1) is 13.4. The van der Waals surface area contributed by atoms with Crippen LogP contribution in [0.1, 0.15) is 46.0 Å². The van der Waals surface area contributed by atoms with Crippen LogP contribution in [0.4, 0.5) is 0 Å². The Hall–Kier alpha value is -0.570. The molecule has 0 saturated carbocycles. The molecule has 84 valence electrons. The van der Waals surface area contributed by atoms with Gasteiger partial charge in [0.05, 0.1) is 0 Å². The van der Waals surface area contributed by atoms with Crippen molar-refractivity contribution in [1.29, 1.82) is 0 Å². The van der Waals surface area contributed by atoms with Crippen molar-refractivity contribution in [3.63, 3.8) is 0 Å². The van der Waals surface area contributed by atoms with Crippen LogP contribution in [0.3, 0.4) is 0 Å². The summed E-state index contributed by atoms with van der Waals surface area (Å²) < 4.78 is 0. The van der Waals surface area contributed by atoms with Crippen molar-refractivity contribution in [2.45, 2.75) is 46.0 Å². The maximum Gasteiger partial charge on any atom is 0.303 e. The van der Waals surface area contributed by atoms with E-state index in [1.54, 1.807) is 0 Å². The summed E-state index contributed by atoms with van der Waals surface area (Å²) in [6.45, 7) is 4.77. The van der Waals surface area contributed by atoms with E-state index in [1.807, 2.05) is 0 Å². The van der Waals surface area contributed by atoms with Crippen molar-refractivity contribution in [2.24, 2.45) is 17.6 Å². The summed E-state index contributed by atoms with van der Waals surface area (Å²) in [5.41, 5.74) is 5.62. The van der Waals surface area contributed by atoms with Gasteiger partial charge in [-0.05, 0) is 18.4 Å². The molecule has 14 heavy (non-hydrogen) atoms. The molecule has 0 spiro atoms. The predicted molar refractivity (Wildman–Crippen MR) is 58.1 cm³/mol. The molecule has 3 heteroatoms. The Labute approximate surface area is 86.7 Å². The molecule has 0 aliphatic heterocycles. The van der Waals surface area contributed by atoms with E-state index in [0.717, 1.165) is 25.7 Å². The van der Waals surface area contributed by atoms with Crippen molar-refractivity contribution in [3.8, 4) is 0 Å². The SMILES string of the molecule is CCCC(CCC)C(CN)CC(=O)O. The summed E-state index contributed by atoms with van der Waals surface area (Å²) in [6.07, 6.45) is 4.65. The van der Waals surface area contributed by atoms with Crippen molar-refractivity contribution in [3.05, 3.63) is 0 Å². The number of hydrogen-bond acceptors (Lipinski definition) is 2. The van der Waals surface area contributed by atoms with Gasteiger partial charge in [0.2, 0.25) is 0 Å². The van der Waals surface area contributed by atoms with Gasteiger partial charge in [0.25, 0.3) is 0 Å². The summed E-state index contributed by atoms with van der Waals surface area (Å²) in [5, 5.41) is 8.74. The van der Waals surface area contributed by atoms with Crippen LogP contribution in [0.5, 0.6) is 0 Å². The average molecular weight is 201 g/mol. The van der Waals surface area contributed by atoms with E-state index in [1.165, 1.54) is 0 Å². The molecule has 0 aromatic heterocycles. The molecule has 0 rings (SSSR count). The Morgan fingerprint density at radius 1 is 1.21 bits per heavy atom. The fourth-order valence-electron chi connectivity index (χ4n) is 2.02. The molecule has 0 amide bonds. The normalized spacial score (nSPS) is 13.1. The molecule has 0 heterocycles. The fourth-order valence-corrected chi connectivity index (χ4v) is 2.02. The van der Waals surface area contributed by atoms with Crippen molar-refractivity contribution < 1.29 is 9.90 Å². The minimum Gasteiger partial charge on any atom is -0.481 e. The van der Waals surface area contributed by atoms with Gasteiger partial charge in [-0.25, -0.2) is 0 Å². The first-order valence-corrected chi connectivity index (χ1v) is 5.57. The second kappa shape index (κ2) is 7.80. The van der Waals surface area contributed by atoms with Gasteiger partial charge < -0.3 is 10.8 Å². The summed E-state index contributed by atoms with van der Waals surface area (Å²) >= 11 is 0. The zero-order chi connectivity index (χ0) is 11.0. The molecule has 0 saturated heterocycles. The van der Waals surface area contributed by atoms with Crippen LogP contribution >= 0.6 is 0 Å². The van der Waals surface area contributed by atoms with Crippen LogP contribution in [-0.4, -0.2) is 17.6 Å². The lowest BCUT2D eigenvalue weighted by Gasteiger charge is -2.24. The molecule has 0 fully saturated rings. The minimum atomic E-state index is -0.724. The molecular formula is C11H23NO2. The van der Waals surface area contributed by atoms with Gasteiger partial charge in [-0.2, -0.15) is 0 Å². The Morgan fingerprint density at radius 3 is 2.00 bits per heavy atom. The maximum atomic E-state index is 10.6. The highest BCUT2D eigenvalue weighted by atomic mass is 16.4. The average Bonchev–Trinajstić information content (AvgIpc) is 2.13. The second-order valence-electron chi connectivity index (χ2n) is 3.93. The number of nitrogens with two attached hydrogens (primary N) is 1. The minimum absolute atomic E-state index is 0.160. The molecule has 0 aliphatic rings. The van der Waals surface area contributed by atoms with Crippen LogP contribution in [0.25, 0.3) is 0 Å². The Kier molecular flexibility index (Phi) is 7.48. The van der Waals surface area contributed by atoms with E-state index in [0.29, 0.717) is 12.5 Å². The standard InChI is InChI=1S/C11H23NO2/c1-3-5-9(6-4-2)10(8-12)7-11(13)14/h9-10H,3-8,12H2,1-2H3,(H,13,14). The third-order valence-electron chi connectivity index (χ3n) is 2.73. The van der Waals surface area contributed by atoms with Gasteiger partial charge in [-0.15, -0.1) is 0 Å². The highest BCUT2D eigenvalue weighted by Gasteiger charge is 2.21. The van der Waals surface area contributed by atoms with Gasteiger partial charge in [0, 0.05) is 6.42 Å². The van der Waals surface area contributed by atoms with E-state index >= 15 is 0 Å². The van der Waals surface area contributed by atoms with Crippen LogP contribution < -0.4 is 5.73 Å². The Morgan fingerprint density at radius 2 is 1.71 bits per heavy atom. The Bertz CT molecular complexity index is 153. The number of carbonyl (C=O) groups is 1. The lowest BCUT2D eigenvalue weighted by atomic mass is 9.83. The van der Waals surface area contributed by atoms with Crippen molar-refractivity contribution >= 4 is 5.97 Å². The third-order valence-corrected chi connectivity index (χ3v) is 2.73. The molecule has 0 aliphatic carbocycles. The number of hydrogen-bond donors (Lipinski definition) is 2. The van der Waals surface area contributed by atoms with Crippen LogP contribution in [0.2, 0.25) is 0 Å². The first-order chi connectivity index (χ1) is 6.65. The quantitative estimate of drug-likeness (QED) is 0.633. The summed E-state index contributed by atoms with van der Waals surface area (Å²) in [4.78, 5) is 10.6. The molecule has 0 aromatic carbocycles. The van der Waals surface area contributed by atoms with Gasteiger partial charge in [0.1, 0.15) is 0 Å². The zero-order valence-electron chi connectivity index (χ0n) is 9.33. The van der Waals surface area contributed by atoms with E-state index in [9.17, 15) is 4.79 Å². The molecule has 0 aromatic rings. The van der Waals surface area contributed by atoms with Crippen LogP contribution in [-0.2, 0) is 4.79 Å². The molecule has 0 bridgehead atoms. The van der Waals surface area contributed by atoms with Gasteiger partial charge in [-0.1, -0.05) is 39.5 Å². The summed E-state index contributed by atoms with van der Waals surface area (Å²) in [7, 11) is 0. The highest BCUT2D eigenvalue weighted by Crippen LogP contribution is 2.24. The van der Waals surface area contributed by atoms with Crippen molar-refractivity contribution in [1.82, 2.24) is 0 Å². The Balaban J connectivity index is 4.16. The molecular weight excluding hydrogens is 178 g/mol. The molecule has 3 nitrogen and oxygen atoms in total. The number of carboxylic acid groups (broad SMARTS) is 1. The molecule has 0 radical (unpaired) electrons. The third kappa shape index (κ3) is 5.22. The van der Waals surface area contributed by atoms with Crippen LogP contribution in [0.15, 0.2) is 0 Å². The van der Waals surface area contributed by atoms with E-state index < -0.39 is 5.97 Å². The molecule has 1 unspecified atom stereocenters. The topological polar surface area (TPSA) is 63.3 Å². The molecule has 3 N–H and O–H groups in total. The number of rotatable bonds is 8. The predicted octanol–water partition coefficient (Wildman–Crippen LogP) is 2.25. The van der Waals surface area contributed by atoms with Crippen LogP contribution in [0, 0.1) is 11.8 Å².